The van der Waals surface area contributed by atoms with Crippen molar-refractivity contribution in [2.45, 2.75) is 12.8 Å². The zero-order chi connectivity index (χ0) is 15.1. The Bertz CT molecular complexity index is 613. The number of halogens is 1. The summed E-state index contributed by atoms with van der Waals surface area (Å²) in [7, 11) is 1.67. The fraction of sp³-hybridized carbons (Fsp3) is 0.235. The van der Waals surface area contributed by atoms with Crippen LogP contribution >= 0.6 is 22.6 Å². The van der Waals surface area contributed by atoms with Gasteiger partial charge in [0.25, 0.3) is 5.91 Å². The molecule has 21 heavy (non-hydrogen) atoms. The molecule has 0 spiro atoms. The SMILES string of the molecule is COc1cccc(CCCNC(=O)c2ccccc2I)c1. The molecule has 4 heteroatoms. The van der Waals surface area contributed by atoms with Gasteiger partial charge in [-0.1, -0.05) is 24.3 Å². The molecular formula is C17H18INO2. The number of nitrogens with one attached hydrogen (secondary N) is 1. The number of carbonyl (C=O) groups excluding carboxylic acids is 1. The van der Waals surface area contributed by atoms with Gasteiger partial charge in [0.15, 0.2) is 0 Å². The molecule has 2 aromatic rings. The van der Waals surface area contributed by atoms with Crippen molar-refractivity contribution in [2.24, 2.45) is 0 Å². The Kier molecular flexibility index (Phi) is 6.04. The van der Waals surface area contributed by atoms with E-state index in [0.717, 1.165) is 27.7 Å². The van der Waals surface area contributed by atoms with E-state index >= 15 is 0 Å². The number of aryl methyl sites for hydroxylation is 1. The van der Waals surface area contributed by atoms with Crippen LogP contribution in [0.15, 0.2) is 48.5 Å². The fourth-order valence-electron chi connectivity index (χ4n) is 2.06. The molecule has 0 radical (unpaired) electrons. The number of methoxy groups -OCH3 is 1. The molecular weight excluding hydrogens is 377 g/mol. The van der Waals surface area contributed by atoms with Crippen molar-refractivity contribution in [3.05, 3.63) is 63.2 Å². The minimum Gasteiger partial charge on any atom is -0.497 e. The lowest BCUT2D eigenvalue weighted by molar-refractivity contribution is 0.0952. The lowest BCUT2D eigenvalue weighted by Crippen LogP contribution is -2.25. The maximum Gasteiger partial charge on any atom is 0.252 e. The molecule has 0 saturated carbocycles. The Labute approximate surface area is 138 Å². The Morgan fingerprint density at radius 3 is 2.76 bits per heavy atom. The molecule has 0 saturated heterocycles. The van der Waals surface area contributed by atoms with E-state index in [9.17, 15) is 4.79 Å². The maximum atomic E-state index is 12.0. The highest BCUT2D eigenvalue weighted by Gasteiger charge is 2.07. The van der Waals surface area contributed by atoms with Crippen LogP contribution in [0.4, 0.5) is 0 Å². The minimum absolute atomic E-state index is 0.00866. The Hall–Kier alpha value is -1.56. The summed E-state index contributed by atoms with van der Waals surface area (Å²) in [6, 6.07) is 15.6. The highest BCUT2D eigenvalue weighted by atomic mass is 127. The molecule has 2 rings (SSSR count). The van der Waals surface area contributed by atoms with Gasteiger partial charge in [0.1, 0.15) is 5.75 Å². The first kappa shape index (κ1) is 15.8. The third-order valence-corrected chi connectivity index (χ3v) is 4.12. The summed E-state index contributed by atoms with van der Waals surface area (Å²) >= 11 is 2.18. The molecule has 0 heterocycles. The van der Waals surface area contributed by atoms with Gasteiger partial charge in [-0.05, 0) is 65.3 Å². The number of ether oxygens (including phenoxy) is 1. The van der Waals surface area contributed by atoms with E-state index < -0.39 is 0 Å². The number of benzene rings is 2. The van der Waals surface area contributed by atoms with Gasteiger partial charge in [-0.25, -0.2) is 0 Å². The largest absolute Gasteiger partial charge is 0.497 e. The van der Waals surface area contributed by atoms with Gasteiger partial charge in [0.05, 0.1) is 12.7 Å². The first-order valence-corrected chi connectivity index (χ1v) is 7.94. The number of amides is 1. The first-order valence-electron chi connectivity index (χ1n) is 6.86. The van der Waals surface area contributed by atoms with Gasteiger partial charge in [-0.2, -0.15) is 0 Å². The monoisotopic (exact) mass is 395 g/mol. The highest BCUT2D eigenvalue weighted by molar-refractivity contribution is 14.1. The first-order chi connectivity index (χ1) is 10.2. The van der Waals surface area contributed by atoms with Crippen LogP contribution in [0.5, 0.6) is 5.75 Å². The molecule has 0 unspecified atom stereocenters. The van der Waals surface area contributed by atoms with Crippen molar-refractivity contribution in [2.75, 3.05) is 13.7 Å². The molecule has 1 amide bonds. The summed E-state index contributed by atoms with van der Waals surface area (Å²) in [5, 5.41) is 2.96. The zero-order valence-corrected chi connectivity index (χ0v) is 14.1. The van der Waals surface area contributed by atoms with Crippen molar-refractivity contribution in [1.82, 2.24) is 5.32 Å². The minimum atomic E-state index is -0.00866. The van der Waals surface area contributed by atoms with E-state index in [1.54, 1.807) is 7.11 Å². The van der Waals surface area contributed by atoms with Gasteiger partial charge in [-0.3, -0.25) is 4.79 Å². The molecule has 0 bridgehead atoms. The quantitative estimate of drug-likeness (QED) is 0.599. The molecule has 110 valence electrons. The van der Waals surface area contributed by atoms with Crippen LogP contribution in [0.2, 0.25) is 0 Å². The van der Waals surface area contributed by atoms with Crippen LogP contribution < -0.4 is 10.1 Å². The number of rotatable bonds is 6. The normalized spacial score (nSPS) is 10.2. The van der Waals surface area contributed by atoms with Crippen LogP contribution in [0.1, 0.15) is 22.3 Å². The molecule has 0 atom stereocenters. The van der Waals surface area contributed by atoms with E-state index in [1.807, 2.05) is 42.5 Å². The number of hydrogen-bond donors (Lipinski definition) is 1. The number of hydrogen-bond acceptors (Lipinski definition) is 2. The summed E-state index contributed by atoms with van der Waals surface area (Å²) < 4.78 is 6.17. The number of carbonyl (C=O) groups is 1. The van der Waals surface area contributed by atoms with Crippen LogP contribution in [0.25, 0.3) is 0 Å². The van der Waals surface area contributed by atoms with Crippen molar-refractivity contribution < 1.29 is 9.53 Å². The van der Waals surface area contributed by atoms with Crippen LogP contribution in [-0.2, 0) is 6.42 Å². The molecule has 0 aliphatic carbocycles. The molecule has 2 aromatic carbocycles. The predicted octanol–water partition coefficient (Wildman–Crippen LogP) is 3.66. The van der Waals surface area contributed by atoms with Crippen LogP contribution in [-0.4, -0.2) is 19.6 Å². The Morgan fingerprint density at radius 1 is 1.19 bits per heavy atom. The van der Waals surface area contributed by atoms with Gasteiger partial charge in [0, 0.05) is 10.1 Å². The lowest BCUT2D eigenvalue weighted by Gasteiger charge is -2.07. The summed E-state index contributed by atoms with van der Waals surface area (Å²) in [6.45, 7) is 0.668. The summed E-state index contributed by atoms with van der Waals surface area (Å²) in [5.74, 6) is 0.862. The van der Waals surface area contributed by atoms with E-state index in [4.69, 9.17) is 4.74 Å². The third kappa shape index (κ3) is 4.74. The molecule has 0 aromatic heterocycles. The third-order valence-electron chi connectivity index (χ3n) is 3.18. The van der Waals surface area contributed by atoms with Crippen LogP contribution in [0.3, 0.4) is 0 Å². The van der Waals surface area contributed by atoms with Gasteiger partial charge >= 0.3 is 0 Å². The van der Waals surface area contributed by atoms with Gasteiger partial charge < -0.3 is 10.1 Å². The second-order valence-electron chi connectivity index (χ2n) is 4.69. The average Bonchev–Trinajstić information content (AvgIpc) is 2.52. The Morgan fingerprint density at radius 2 is 2.00 bits per heavy atom. The summed E-state index contributed by atoms with van der Waals surface area (Å²) in [6.07, 6.45) is 1.83. The fourth-order valence-corrected chi connectivity index (χ4v) is 2.70. The topological polar surface area (TPSA) is 38.3 Å². The van der Waals surface area contributed by atoms with Crippen molar-refractivity contribution in [1.29, 1.82) is 0 Å². The molecule has 0 fully saturated rings. The van der Waals surface area contributed by atoms with E-state index in [-0.39, 0.29) is 5.91 Å². The standard InChI is InChI=1S/C17H18INO2/c1-21-14-8-4-6-13(12-14)7-5-11-19-17(20)15-9-2-3-10-16(15)18/h2-4,6,8-10,12H,5,7,11H2,1H3,(H,19,20). The van der Waals surface area contributed by atoms with Crippen molar-refractivity contribution in [3.63, 3.8) is 0 Å². The van der Waals surface area contributed by atoms with Crippen molar-refractivity contribution in [3.8, 4) is 5.75 Å². The summed E-state index contributed by atoms with van der Waals surface area (Å²) in [5.41, 5.74) is 1.96. The molecule has 0 aliphatic rings. The van der Waals surface area contributed by atoms with Gasteiger partial charge in [0.2, 0.25) is 0 Å². The second kappa shape index (κ2) is 8.02. The Balaban J connectivity index is 1.79. The van der Waals surface area contributed by atoms with Crippen molar-refractivity contribution >= 4 is 28.5 Å². The molecule has 1 N–H and O–H groups in total. The second-order valence-corrected chi connectivity index (χ2v) is 5.85. The molecule has 3 nitrogen and oxygen atoms in total. The summed E-state index contributed by atoms with van der Waals surface area (Å²) in [4.78, 5) is 12.0. The zero-order valence-electron chi connectivity index (χ0n) is 11.9. The lowest BCUT2D eigenvalue weighted by atomic mass is 10.1. The van der Waals surface area contributed by atoms with E-state index in [2.05, 4.69) is 34.0 Å². The van der Waals surface area contributed by atoms with Crippen LogP contribution in [0, 0.1) is 3.57 Å². The van der Waals surface area contributed by atoms with Gasteiger partial charge in [-0.15, -0.1) is 0 Å². The molecule has 0 aliphatic heterocycles. The predicted molar refractivity (Wildman–Crippen MR) is 92.8 cm³/mol. The average molecular weight is 395 g/mol. The van der Waals surface area contributed by atoms with E-state index in [1.165, 1.54) is 5.56 Å². The smallest absolute Gasteiger partial charge is 0.252 e. The maximum absolute atomic E-state index is 12.0. The highest BCUT2D eigenvalue weighted by Crippen LogP contribution is 2.14. The van der Waals surface area contributed by atoms with E-state index in [0.29, 0.717) is 6.54 Å².